The van der Waals surface area contributed by atoms with Crippen LogP contribution in [-0.2, 0) is 4.79 Å². The van der Waals surface area contributed by atoms with Gasteiger partial charge < -0.3 is 0 Å². The Morgan fingerprint density at radius 1 is 1.13 bits per heavy atom. The Morgan fingerprint density at radius 2 is 1.83 bits per heavy atom. The number of nitrogens with one attached hydrogen (secondary N) is 1. The third-order valence-corrected chi connectivity index (χ3v) is 5.10. The molecular weight excluding hydrogens is 306 g/mol. The summed E-state index contributed by atoms with van der Waals surface area (Å²) in [7, 11) is 0. The molecule has 1 N–H and O–H groups in total. The number of aromatic nitrogens is 2. The number of anilines is 1. The first-order valence-electron chi connectivity index (χ1n) is 8.38. The van der Waals surface area contributed by atoms with Gasteiger partial charge in [0.25, 0.3) is 0 Å². The monoisotopic (exact) mass is 331 g/mol. The highest BCUT2D eigenvalue weighted by Gasteiger charge is 2.21. The zero-order valence-corrected chi connectivity index (χ0v) is 14.9. The molecule has 2 rings (SSSR count). The summed E-state index contributed by atoms with van der Waals surface area (Å²) in [5.41, 5.74) is 1.05. The minimum absolute atomic E-state index is 0.00490. The molecule has 2 aromatic rings. The van der Waals surface area contributed by atoms with E-state index in [1.807, 2.05) is 30.3 Å². The molecule has 0 fully saturated rings. The van der Waals surface area contributed by atoms with E-state index in [-0.39, 0.29) is 11.8 Å². The second kappa shape index (κ2) is 8.77. The molecule has 23 heavy (non-hydrogen) atoms. The highest BCUT2D eigenvalue weighted by atomic mass is 32.1. The van der Waals surface area contributed by atoms with Gasteiger partial charge in [0.15, 0.2) is 0 Å². The van der Waals surface area contributed by atoms with E-state index in [2.05, 4.69) is 36.3 Å². The van der Waals surface area contributed by atoms with Gasteiger partial charge in [0.05, 0.1) is 5.92 Å². The predicted octanol–water partition coefficient (Wildman–Crippen LogP) is 4.96. The third-order valence-electron chi connectivity index (χ3n) is 4.10. The van der Waals surface area contributed by atoms with Crippen molar-refractivity contribution in [1.29, 1.82) is 0 Å². The number of amides is 1. The van der Waals surface area contributed by atoms with Gasteiger partial charge in [0, 0.05) is 5.92 Å². The molecule has 1 amide bonds. The summed E-state index contributed by atoms with van der Waals surface area (Å²) in [6.07, 6.45) is 3.87. The Balaban J connectivity index is 2.10. The van der Waals surface area contributed by atoms with Crippen LogP contribution in [0.1, 0.15) is 68.9 Å². The molecule has 1 heterocycles. The summed E-state index contributed by atoms with van der Waals surface area (Å²) in [5, 5.41) is 13.0. The van der Waals surface area contributed by atoms with Crippen LogP contribution in [0, 0.1) is 0 Å². The van der Waals surface area contributed by atoms with E-state index in [0.717, 1.165) is 36.3 Å². The summed E-state index contributed by atoms with van der Waals surface area (Å²) in [6, 6.07) is 9.94. The van der Waals surface area contributed by atoms with Crippen LogP contribution < -0.4 is 5.32 Å². The van der Waals surface area contributed by atoms with Gasteiger partial charge in [-0.15, -0.1) is 10.2 Å². The lowest BCUT2D eigenvalue weighted by molar-refractivity contribution is -0.117. The molecule has 0 bridgehead atoms. The first-order valence-corrected chi connectivity index (χ1v) is 9.20. The second-order valence-electron chi connectivity index (χ2n) is 5.70. The maximum Gasteiger partial charge on any atom is 0.233 e. The van der Waals surface area contributed by atoms with Gasteiger partial charge in [-0.25, -0.2) is 0 Å². The number of carbonyl (C=O) groups excluding carboxylic acids is 1. The average molecular weight is 331 g/mol. The van der Waals surface area contributed by atoms with Crippen LogP contribution >= 0.6 is 11.3 Å². The fourth-order valence-corrected chi connectivity index (χ4v) is 3.72. The molecule has 0 radical (unpaired) electrons. The molecule has 0 aliphatic heterocycles. The van der Waals surface area contributed by atoms with E-state index in [1.54, 1.807) is 0 Å². The Labute approximate surface area is 142 Å². The van der Waals surface area contributed by atoms with Crippen molar-refractivity contribution in [2.24, 2.45) is 0 Å². The van der Waals surface area contributed by atoms with Crippen LogP contribution in [0.4, 0.5) is 5.13 Å². The van der Waals surface area contributed by atoms with E-state index < -0.39 is 0 Å². The molecule has 1 atom stereocenters. The standard InChI is InChI=1S/C18H25N3OS/c1-4-10-15(14-11-8-7-9-12-14)16(22)19-18-21-20-17(23-18)13(5-2)6-3/h7-9,11-13,15H,4-6,10H2,1-3H3,(H,19,21,22). The summed E-state index contributed by atoms with van der Waals surface area (Å²) < 4.78 is 0. The van der Waals surface area contributed by atoms with Crippen molar-refractivity contribution < 1.29 is 4.79 Å². The topological polar surface area (TPSA) is 54.9 Å². The number of rotatable bonds is 8. The molecule has 1 unspecified atom stereocenters. The zero-order chi connectivity index (χ0) is 16.7. The van der Waals surface area contributed by atoms with Crippen molar-refractivity contribution >= 4 is 22.4 Å². The number of hydrogen-bond donors (Lipinski definition) is 1. The van der Waals surface area contributed by atoms with Crippen molar-refractivity contribution in [3.8, 4) is 0 Å². The molecule has 0 aliphatic rings. The van der Waals surface area contributed by atoms with Gasteiger partial charge in [-0.1, -0.05) is 68.9 Å². The van der Waals surface area contributed by atoms with Crippen LogP contribution in [0.15, 0.2) is 30.3 Å². The highest BCUT2D eigenvalue weighted by molar-refractivity contribution is 7.15. The highest BCUT2D eigenvalue weighted by Crippen LogP contribution is 2.29. The Kier molecular flexibility index (Phi) is 6.71. The van der Waals surface area contributed by atoms with Gasteiger partial charge in [0.1, 0.15) is 5.01 Å². The van der Waals surface area contributed by atoms with Crippen molar-refractivity contribution in [3.63, 3.8) is 0 Å². The average Bonchev–Trinajstić information content (AvgIpc) is 3.02. The summed E-state index contributed by atoms with van der Waals surface area (Å²) in [5.74, 6) is 0.297. The molecule has 5 heteroatoms. The van der Waals surface area contributed by atoms with Gasteiger partial charge in [0.2, 0.25) is 11.0 Å². The summed E-state index contributed by atoms with van der Waals surface area (Å²) >= 11 is 1.49. The molecule has 0 aliphatic carbocycles. The molecule has 124 valence electrons. The van der Waals surface area contributed by atoms with Gasteiger partial charge in [-0.3, -0.25) is 10.1 Å². The predicted molar refractivity (Wildman–Crippen MR) is 96.0 cm³/mol. The maximum absolute atomic E-state index is 12.6. The van der Waals surface area contributed by atoms with Gasteiger partial charge >= 0.3 is 0 Å². The molecule has 1 aromatic carbocycles. The Morgan fingerprint density at radius 3 is 2.43 bits per heavy atom. The zero-order valence-electron chi connectivity index (χ0n) is 14.1. The third kappa shape index (κ3) is 4.61. The minimum Gasteiger partial charge on any atom is -0.300 e. The lowest BCUT2D eigenvalue weighted by Crippen LogP contribution is -2.21. The van der Waals surface area contributed by atoms with Crippen LogP contribution in [0.3, 0.4) is 0 Å². The maximum atomic E-state index is 12.6. The van der Waals surface area contributed by atoms with E-state index in [4.69, 9.17) is 0 Å². The van der Waals surface area contributed by atoms with E-state index in [1.165, 1.54) is 11.3 Å². The van der Waals surface area contributed by atoms with Crippen molar-refractivity contribution in [3.05, 3.63) is 40.9 Å². The molecular formula is C18H25N3OS. The Hall–Kier alpha value is -1.75. The van der Waals surface area contributed by atoms with Crippen LogP contribution in [0.25, 0.3) is 0 Å². The molecule has 0 saturated carbocycles. The van der Waals surface area contributed by atoms with Crippen molar-refractivity contribution in [2.75, 3.05) is 5.32 Å². The lowest BCUT2D eigenvalue weighted by atomic mass is 9.94. The number of carbonyl (C=O) groups is 1. The van der Waals surface area contributed by atoms with E-state index in [9.17, 15) is 4.79 Å². The Bertz CT molecular complexity index is 608. The molecule has 0 saturated heterocycles. The van der Waals surface area contributed by atoms with Gasteiger partial charge in [-0.2, -0.15) is 0 Å². The van der Waals surface area contributed by atoms with Gasteiger partial charge in [-0.05, 0) is 24.8 Å². The number of hydrogen-bond acceptors (Lipinski definition) is 4. The molecule has 4 nitrogen and oxygen atoms in total. The van der Waals surface area contributed by atoms with E-state index >= 15 is 0 Å². The van der Waals surface area contributed by atoms with E-state index in [0.29, 0.717) is 11.0 Å². The SMILES string of the molecule is CCCC(C(=O)Nc1nnc(C(CC)CC)s1)c1ccccc1. The second-order valence-corrected chi connectivity index (χ2v) is 6.71. The number of benzene rings is 1. The van der Waals surface area contributed by atoms with Crippen LogP contribution in [0.2, 0.25) is 0 Å². The lowest BCUT2D eigenvalue weighted by Gasteiger charge is -2.15. The van der Waals surface area contributed by atoms with Crippen molar-refractivity contribution in [1.82, 2.24) is 10.2 Å². The summed E-state index contributed by atoms with van der Waals surface area (Å²) in [4.78, 5) is 12.6. The normalized spacial score (nSPS) is 12.3. The minimum atomic E-state index is -0.137. The fraction of sp³-hybridized carbons (Fsp3) is 0.500. The quantitative estimate of drug-likeness (QED) is 0.743. The number of nitrogens with zero attached hydrogens (tertiary/aromatic N) is 2. The smallest absolute Gasteiger partial charge is 0.233 e. The van der Waals surface area contributed by atoms with Crippen LogP contribution in [-0.4, -0.2) is 16.1 Å². The molecule has 0 spiro atoms. The summed E-state index contributed by atoms with van der Waals surface area (Å²) in [6.45, 7) is 6.40. The van der Waals surface area contributed by atoms with Crippen molar-refractivity contribution in [2.45, 2.75) is 58.3 Å². The largest absolute Gasteiger partial charge is 0.300 e. The van der Waals surface area contributed by atoms with Crippen LogP contribution in [0.5, 0.6) is 0 Å². The first-order chi connectivity index (χ1) is 11.2. The molecule has 1 aromatic heterocycles. The fourth-order valence-electron chi connectivity index (χ4n) is 2.70. The first kappa shape index (κ1) is 17.6.